The fourth-order valence-corrected chi connectivity index (χ4v) is 4.69. The van der Waals surface area contributed by atoms with E-state index in [1.807, 2.05) is 43.3 Å². The van der Waals surface area contributed by atoms with Crippen molar-refractivity contribution in [1.29, 1.82) is 0 Å². The molecule has 0 spiro atoms. The van der Waals surface area contributed by atoms with Gasteiger partial charge in [0.2, 0.25) is 0 Å². The number of aromatic nitrogens is 2. The number of aromatic amines is 1. The predicted molar refractivity (Wildman–Crippen MR) is 112 cm³/mol. The topological polar surface area (TPSA) is 45.8 Å². The first kappa shape index (κ1) is 17.2. The molecule has 0 radical (unpaired) electrons. The first-order chi connectivity index (χ1) is 12.5. The molecule has 0 aliphatic heterocycles. The van der Waals surface area contributed by atoms with E-state index in [0.29, 0.717) is 17.6 Å². The number of thiophene rings is 1. The number of H-pyrrole nitrogens is 1. The van der Waals surface area contributed by atoms with Gasteiger partial charge in [0, 0.05) is 21.3 Å². The summed E-state index contributed by atoms with van der Waals surface area (Å²) in [6, 6.07) is 16.2. The lowest BCUT2D eigenvalue weighted by atomic mass is 10.0. The van der Waals surface area contributed by atoms with Crippen molar-refractivity contribution in [3.05, 3.63) is 85.2 Å². The van der Waals surface area contributed by atoms with Gasteiger partial charge in [0.25, 0.3) is 5.56 Å². The normalized spacial score (nSPS) is 11.2. The van der Waals surface area contributed by atoms with E-state index in [0.717, 1.165) is 36.4 Å². The van der Waals surface area contributed by atoms with E-state index in [9.17, 15) is 4.79 Å². The van der Waals surface area contributed by atoms with Gasteiger partial charge in [-0.05, 0) is 31.0 Å². The van der Waals surface area contributed by atoms with Crippen LogP contribution in [0.25, 0.3) is 21.3 Å². The predicted octanol–water partition coefficient (Wildman–Crippen LogP) is 5.62. The molecule has 0 amide bonds. The van der Waals surface area contributed by atoms with Crippen LogP contribution in [-0.2, 0) is 6.42 Å². The Hall–Kier alpha value is -2.24. The second-order valence-electron chi connectivity index (χ2n) is 6.37. The van der Waals surface area contributed by atoms with E-state index in [1.165, 1.54) is 0 Å². The average molecular weight is 425 g/mol. The zero-order chi connectivity index (χ0) is 18.3. The van der Waals surface area contributed by atoms with Crippen molar-refractivity contribution >= 4 is 37.5 Å². The summed E-state index contributed by atoms with van der Waals surface area (Å²) >= 11 is 5.20. The van der Waals surface area contributed by atoms with Gasteiger partial charge in [-0.25, -0.2) is 4.98 Å². The lowest BCUT2D eigenvalue weighted by molar-refractivity contribution is 0.977. The molecule has 130 valence electrons. The van der Waals surface area contributed by atoms with Crippen LogP contribution in [0.1, 0.15) is 21.8 Å². The van der Waals surface area contributed by atoms with Crippen LogP contribution in [0, 0.1) is 13.8 Å². The molecule has 0 aliphatic carbocycles. The molecule has 5 heteroatoms. The number of benzene rings is 2. The van der Waals surface area contributed by atoms with E-state index in [2.05, 4.69) is 40.0 Å². The van der Waals surface area contributed by atoms with Crippen LogP contribution in [0.3, 0.4) is 0 Å². The molecule has 26 heavy (non-hydrogen) atoms. The molecule has 0 bridgehead atoms. The Labute approximate surface area is 163 Å². The molecule has 4 rings (SSSR count). The van der Waals surface area contributed by atoms with Crippen molar-refractivity contribution in [2.45, 2.75) is 20.3 Å². The summed E-state index contributed by atoms with van der Waals surface area (Å²) in [6.45, 7) is 4.10. The van der Waals surface area contributed by atoms with Gasteiger partial charge in [0.15, 0.2) is 0 Å². The van der Waals surface area contributed by atoms with E-state index in [4.69, 9.17) is 4.98 Å². The highest BCUT2D eigenvalue weighted by atomic mass is 79.9. The van der Waals surface area contributed by atoms with E-state index in [-0.39, 0.29) is 5.56 Å². The summed E-state index contributed by atoms with van der Waals surface area (Å²) in [6.07, 6.45) is 0.618. The summed E-state index contributed by atoms with van der Waals surface area (Å²) in [5.74, 6) is 0.699. The SMILES string of the molecule is Cc1ccc(Br)c(-c2c(C)sc3nc(Cc4ccccc4)[nH]c(=O)c23)c1. The Kier molecular flexibility index (Phi) is 4.51. The van der Waals surface area contributed by atoms with Crippen molar-refractivity contribution in [2.24, 2.45) is 0 Å². The highest BCUT2D eigenvalue weighted by molar-refractivity contribution is 9.10. The number of halogens is 1. The first-order valence-electron chi connectivity index (χ1n) is 8.35. The minimum absolute atomic E-state index is 0.0753. The fraction of sp³-hybridized carbons (Fsp3) is 0.143. The van der Waals surface area contributed by atoms with Crippen molar-refractivity contribution in [3.63, 3.8) is 0 Å². The molecule has 0 atom stereocenters. The standard InChI is InChI=1S/C21H17BrN2OS/c1-12-8-9-16(22)15(10-12)18-13(2)26-21-19(18)20(25)23-17(24-21)11-14-6-4-3-5-7-14/h3-10H,11H2,1-2H3,(H,23,24,25). The summed E-state index contributed by atoms with van der Waals surface area (Å²) in [4.78, 5) is 22.5. The van der Waals surface area contributed by atoms with Gasteiger partial charge in [-0.2, -0.15) is 0 Å². The maximum absolute atomic E-state index is 12.9. The van der Waals surface area contributed by atoms with Crippen LogP contribution < -0.4 is 5.56 Å². The smallest absolute Gasteiger partial charge is 0.260 e. The Morgan fingerprint density at radius 1 is 1.12 bits per heavy atom. The molecule has 0 aliphatic rings. The molecule has 0 fully saturated rings. The fourth-order valence-electron chi connectivity index (χ4n) is 3.19. The highest BCUT2D eigenvalue weighted by Gasteiger charge is 2.18. The summed E-state index contributed by atoms with van der Waals surface area (Å²) < 4.78 is 0.985. The molecule has 0 saturated carbocycles. The molecule has 2 aromatic heterocycles. The van der Waals surface area contributed by atoms with Crippen molar-refractivity contribution < 1.29 is 0 Å². The van der Waals surface area contributed by atoms with E-state index < -0.39 is 0 Å². The second kappa shape index (κ2) is 6.82. The van der Waals surface area contributed by atoms with Gasteiger partial charge in [-0.3, -0.25) is 4.79 Å². The third-order valence-electron chi connectivity index (χ3n) is 4.39. The Morgan fingerprint density at radius 2 is 1.88 bits per heavy atom. The van der Waals surface area contributed by atoms with Gasteiger partial charge in [0.05, 0.1) is 5.39 Å². The van der Waals surface area contributed by atoms with Gasteiger partial charge >= 0.3 is 0 Å². The minimum Gasteiger partial charge on any atom is -0.310 e. The van der Waals surface area contributed by atoms with Crippen LogP contribution in [0.2, 0.25) is 0 Å². The molecule has 0 unspecified atom stereocenters. The largest absolute Gasteiger partial charge is 0.310 e. The molecule has 2 aromatic carbocycles. The van der Waals surface area contributed by atoms with Crippen molar-refractivity contribution in [1.82, 2.24) is 9.97 Å². The number of hydrogen-bond donors (Lipinski definition) is 1. The molecule has 2 heterocycles. The van der Waals surface area contributed by atoms with Crippen LogP contribution in [0.5, 0.6) is 0 Å². The minimum atomic E-state index is -0.0753. The second-order valence-corrected chi connectivity index (χ2v) is 8.43. The first-order valence-corrected chi connectivity index (χ1v) is 9.96. The Bertz CT molecular complexity index is 1160. The van der Waals surface area contributed by atoms with Gasteiger partial charge in [-0.15, -0.1) is 11.3 Å². The molecule has 4 aromatic rings. The molecule has 1 N–H and O–H groups in total. The number of nitrogens with one attached hydrogen (secondary N) is 1. The van der Waals surface area contributed by atoms with Crippen molar-refractivity contribution in [2.75, 3.05) is 0 Å². The van der Waals surface area contributed by atoms with Gasteiger partial charge in [-0.1, -0.05) is 64.0 Å². The highest BCUT2D eigenvalue weighted by Crippen LogP contribution is 2.39. The Balaban J connectivity index is 1.88. The van der Waals surface area contributed by atoms with Crippen molar-refractivity contribution in [3.8, 4) is 11.1 Å². The van der Waals surface area contributed by atoms with Crippen LogP contribution in [0.15, 0.2) is 57.8 Å². The molecule has 0 saturated heterocycles. The molecular weight excluding hydrogens is 408 g/mol. The Morgan fingerprint density at radius 3 is 2.65 bits per heavy atom. The van der Waals surface area contributed by atoms with E-state index >= 15 is 0 Å². The third kappa shape index (κ3) is 3.13. The third-order valence-corrected chi connectivity index (χ3v) is 6.08. The van der Waals surface area contributed by atoms with Crippen LogP contribution in [-0.4, -0.2) is 9.97 Å². The van der Waals surface area contributed by atoms with E-state index in [1.54, 1.807) is 11.3 Å². The number of hydrogen-bond acceptors (Lipinski definition) is 3. The lowest BCUT2D eigenvalue weighted by Gasteiger charge is -2.07. The summed E-state index contributed by atoms with van der Waals surface area (Å²) in [5, 5.41) is 0.676. The number of aryl methyl sites for hydroxylation is 2. The quantitative estimate of drug-likeness (QED) is 0.463. The maximum Gasteiger partial charge on any atom is 0.260 e. The average Bonchev–Trinajstić information content (AvgIpc) is 2.94. The van der Waals surface area contributed by atoms with Crippen LogP contribution >= 0.6 is 27.3 Å². The van der Waals surface area contributed by atoms with Gasteiger partial charge in [0.1, 0.15) is 10.7 Å². The molecule has 3 nitrogen and oxygen atoms in total. The molecular formula is C21H17BrN2OS. The number of rotatable bonds is 3. The summed E-state index contributed by atoms with van der Waals surface area (Å²) in [5.41, 5.74) is 4.23. The zero-order valence-corrected chi connectivity index (χ0v) is 16.9. The zero-order valence-electron chi connectivity index (χ0n) is 14.5. The monoisotopic (exact) mass is 424 g/mol. The maximum atomic E-state index is 12.9. The number of fused-ring (bicyclic) bond motifs is 1. The van der Waals surface area contributed by atoms with Gasteiger partial charge < -0.3 is 4.98 Å². The number of nitrogens with zero attached hydrogens (tertiary/aromatic N) is 1. The lowest BCUT2D eigenvalue weighted by Crippen LogP contribution is -2.11. The summed E-state index contributed by atoms with van der Waals surface area (Å²) in [7, 11) is 0. The van der Waals surface area contributed by atoms with Crippen LogP contribution in [0.4, 0.5) is 0 Å².